The average molecular weight is 127 g/mol. The molecule has 0 spiro atoms. The fourth-order valence-electron chi connectivity index (χ4n) is 1.29. The molecule has 0 saturated carbocycles. The Morgan fingerprint density at radius 3 is 2.89 bits per heavy atom. The van der Waals surface area contributed by atoms with E-state index >= 15 is 0 Å². The van der Waals surface area contributed by atoms with Gasteiger partial charge in [0.2, 0.25) is 0 Å². The maximum atomic E-state index is 3.89. The number of rotatable bonds is 1. The first-order valence-electron chi connectivity index (χ1n) is 3.55. The van der Waals surface area contributed by atoms with Crippen LogP contribution >= 0.6 is 0 Å². The van der Waals surface area contributed by atoms with Gasteiger partial charge in [-0.3, -0.25) is 7.05 Å². The first kappa shape index (κ1) is 7.03. The largest absolute Gasteiger partial charge is 0.458 e. The van der Waals surface area contributed by atoms with Crippen molar-refractivity contribution in [2.75, 3.05) is 20.1 Å². The zero-order valence-corrected chi connectivity index (χ0v) is 6.06. The van der Waals surface area contributed by atoms with E-state index in [-0.39, 0.29) is 0 Å². The molecule has 0 amide bonds. The molecule has 2 nitrogen and oxygen atoms in total. The van der Waals surface area contributed by atoms with Gasteiger partial charge in [-0.05, 0) is 33.0 Å². The van der Waals surface area contributed by atoms with Crippen molar-refractivity contribution in [2.24, 2.45) is 0 Å². The first-order valence-corrected chi connectivity index (χ1v) is 3.55. The molecule has 1 N–H and O–H groups in total. The molecule has 2 heteroatoms. The Morgan fingerprint density at radius 2 is 2.44 bits per heavy atom. The maximum Gasteiger partial charge on any atom is 0.0168 e. The second kappa shape index (κ2) is 3.18. The summed E-state index contributed by atoms with van der Waals surface area (Å²) >= 11 is 0. The summed E-state index contributed by atoms with van der Waals surface area (Å²) < 4.78 is 0. The van der Waals surface area contributed by atoms with Crippen LogP contribution in [-0.4, -0.2) is 31.1 Å². The van der Waals surface area contributed by atoms with Crippen molar-refractivity contribution in [3.8, 4) is 0 Å². The quantitative estimate of drug-likeness (QED) is 0.515. The van der Waals surface area contributed by atoms with Gasteiger partial charge in [0.25, 0.3) is 0 Å². The van der Waals surface area contributed by atoms with Crippen LogP contribution in [0.3, 0.4) is 0 Å². The molecule has 1 aliphatic rings. The molecule has 0 bridgehead atoms. The van der Waals surface area contributed by atoms with E-state index in [0.717, 1.165) is 13.1 Å². The van der Waals surface area contributed by atoms with Crippen molar-refractivity contribution >= 4 is 0 Å². The van der Waals surface area contributed by atoms with Crippen molar-refractivity contribution in [1.29, 1.82) is 0 Å². The summed E-state index contributed by atoms with van der Waals surface area (Å²) in [5.74, 6) is 0. The lowest BCUT2D eigenvalue weighted by Gasteiger charge is -2.35. The lowest BCUT2D eigenvalue weighted by atomic mass is 10.1. The van der Waals surface area contributed by atoms with Crippen LogP contribution in [0.4, 0.5) is 0 Å². The van der Waals surface area contributed by atoms with Gasteiger partial charge in [-0.15, -0.1) is 0 Å². The van der Waals surface area contributed by atoms with Crippen LogP contribution in [0.1, 0.15) is 12.8 Å². The van der Waals surface area contributed by atoms with E-state index in [1.54, 1.807) is 0 Å². The van der Waals surface area contributed by atoms with Gasteiger partial charge >= 0.3 is 0 Å². The van der Waals surface area contributed by atoms with Gasteiger partial charge in [-0.1, -0.05) is 0 Å². The number of piperidine rings is 1. The van der Waals surface area contributed by atoms with E-state index in [4.69, 9.17) is 0 Å². The number of likely N-dealkylation sites (N-methyl/N-ethyl adjacent to an activating group) is 1. The Balaban J connectivity index is 2.23. The number of hydrogen-bond acceptors (Lipinski definition) is 2. The highest BCUT2D eigenvalue weighted by Crippen LogP contribution is 2.07. The molecule has 54 valence electrons. The number of nitrogens with one attached hydrogen (secondary N) is 1. The van der Waals surface area contributed by atoms with Gasteiger partial charge in [-0.25, -0.2) is 0 Å². The standard InChI is InChI=1S/C7H15N2/c1-8-7-4-3-5-9(2)6-7/h7-8H,2-6H2,1H3/q-1. The minimum absolute atomic E-state index is 0.677. The third-order valence-corrected chi connectivity index (χ3v) is 1.91. The lowest BCUT2D eigenvalue weighted by molar-refractivity contribution is 0.256. The van der Waals surface area contributed by atoms with Gasteiger partial charge in [0.1, 0.15) is 0 Å². The molecule has 1 rings (SSSR count). The zero-order valence-electron chi connectivity index (χ0n) is 6.06. The molecule has 0 aliphatic carbocycles. The van der Waals surface area contributed by atoms with Crippen molar-refractivity contribution < 1.29 is 0 Å². The predicted molar refractivity (Wildman–Crippen MR) is 39.0 cm³/mol. The highest BCUT2D eigenvalue weighted by molar-refractivity contribution is 4.75. The number of likely N-dealkylation sites (tertiary alicyclic amines) is 1. The average Bonchev–Trinajstić information content (AvgIpc) is 1.88. The predicted octanol–water partition coefficient (Wildman–Crippen LogP) is 0.462. The smallest absolute Gasteiger partial charge is 0.0168 e. The van der Waals surface area contributed by atoms with Crippen LogP contribution in [0.15, 0.2) is 0 Å². The van der Waals surface area contributed by atoms with Gasteiger partial charge in [-0.2, -0.15) is 0 Å². The van der Waals surface area contributed by atoms with Crippen LogP contribution in [0.25, 0.3) is 0 Å². The number of nitrogens with zero attached hydrogens (tertiary/aromatic N) is 1. The summed E-state index contributed by atoms with van der Waals surface area (Å²) in [5.41, 5.74) is 0. The summed E-state index contributed by atoms with van der Waals surface area (Å²) in [5, 5.41) is 3.25. The lowest BCUT2D eigenvalue weighted by Crippen LogP contribution is -2.41. The summed E-state index contributed by atoms with van der Waals surface area (Å²) in [6.07, 6.45) is 2.59. The van der Waals surface area contributed by atoms with E-state index in [2.05, 4.69) is 17.3 Å². The maximum absolute atomic E-state index is 3.89. The second-order valence-corrected chi connectivity index (χ2v) is 2.70. The summed E-state index contributed by atoms with van der Waals surface area (Å²) in [7, 11) is 5.91. The van der Waals surface area contributed by atoms with Crippen molar-refractivity contribution in [2.45, 2.75) is 18.9 Å². The van der Waals surface area contributed by atoms with Gasteiger partial charge in [0.05, 0.1) is 0 Å². The molecule has 1 saturated heterocycles. The van der Waals surface area contributed by atoms with E-state index in [1.807, 2.05) is 7.05 Å². The van der Waals surface area contributed by atoms with Crippen LogP contribution in [0, 0.1) is 7.05 Å². The fraction of sp³-hybridized carbons (Fsp3) is 0.857. The molecule has 1 atom stereocenters. The van der Waals surface area contributed by atoms with Gasteiger partial charge < -0.3 is 10.2 Å². The topological polar surface area (TPSA) is 15.3 Å². The normalized spacial score (nSPS) is 30.7. The Hall–Kier alpha value is -0.0800. The van der Waals surface area contributed by atoms with Gasteiger partial charge in [0.15, 0.2) is 0 Å². The van der Waals surface area contributed by atoms with Crippen molar-refractivity contribution in [3.63, 3.8) is 0 Å². The Labute approximate surface area is 57.2 Å². The second-order valence-electron chi connectivity index (χ2n) is 2.70. The SMILES string of the molecule is [CH2-]N1CCCC(NC)C1. The van der Waals surface area contributed by atoms with E-state index in [1.165, 1.54) is 12.8 Å². The van der Waals surface area contributed by atoms with E-state index in [0.29, 0.717) is 6.04 Å². The molecular formula is C7H15N2-. The monoisotopic (exact) mass is 127 g/mol. The molecule has 0 aromatic rings. The highest BCUT2D eigenvalue weighted by atomic mass is 15.1. The molecule has 1 aliphatic heterocycles. The molecule has 1 unspecified atom stereocenters. The first-order chi connectivity index (χ1) is 4.33. The summed E-state index contributed by atoms with van der Waals surface area (Å²) in [6.45, 7) is 2.27. The Morgan fingerprint density at radius 1 is 1.67 bits per heavy atom. The fourth-order valence-corrected chi connectivity index (χ4v) is 1.29. The Bertz CT molecular complexity index is 83.0. The van der Waals surface area contributed by atoms with E-state index < -0.39 is 0 Å². The number of hydrogen-bond donors (Lipinski definition) is 1. The van der Waals surface area contributed by atoms with Crippen LogP contribution in [0.2, 0.25) is 0 Å². The molecule has 0 aromatic carbocycles. The summed E-state index contributed by atoms with van der Waals surface area (Å²) in [6, 6.07) is 0.677. The molecule has 0 radical (unpaired) electrons. The van der Waals surface area contributed by atoms with Crippen LogP contribution in [0.5, 0.6) is 0 Å². The third-order valence-electron chi connectivity index (χ3n) is 1.91. The van der Waals surface area contributed by atoms with Crippen molar-refractivity contribution in [3.05, 3.63) is 7.05 Å². The zero-order chi connectivity index (χ0) is 6.69. The van der Waals surface area contributed by atoms with Crippen LogP contribution in [-0.2, 0) is 0 Å². The third kappa shape index (κ3) is 1.95. The van der Waals surface area contributed by atoms with E-state index in [9.17, 15) is 0 Å². The molecular weight excluding hydrogens is 112 g/mol. The molecule has 0 aromatic heterocycles. The molecule has 1 fully saturated rings. The van der Waals surface area contributed by atoms with Crippen LogP contribution < -0.4 is 5.32 Å². The molecule has 9 heavy (non-hydrogen) atoms. The highest BCUT2D eigenvalue weighted by Gasteiger charge is 2.10. The molecule has 1 heterocycles. The summed E-state index contributed by atoms with van der Waals surface area (Å²) in [4.78, 5) is 2.13. The Kier molecular flexibility index (Phi) is 2.49. The minimum Gasteiger partial charge on any atom is -0.458 e. The minimum atomic E-state index is 0.677. The van der Waals surface area contributed by atoms with Crippen molar-refractivity contribution in [1.82, 2.24) is 10.2 Å². The van der Waals surface area contributed by atoms with Gasteiger partial charge in [0, 0.05) is 6.04 Å².